The van der Waals surface area contributed by atoms with Gasteiger partial charge >= 0.3 is 0 Å². The Morgan fingerprint density at radius 3 is 2.72 bits per heavy atom. The molecule has 2 saturated heterocycles. The maximum absolute atomic E-state index is 13.2. The van der Waals surface area contributed by atoms with E-state index in [1.165, 1.54) is 12.1 Å². The van der Waals surface area contributed by atoms with Gasteiger partial charge in [0.1, 0.15) is 0 Å². The van der Waals surface area contributed by atoms with Gasteiger partial charge in [0.25, 0.3) is 5.56 Å². The van der Waals surface area contributed by atoms with Crippen molar-refractivity contribution in [2.24, 2.45) is 5.92 Å². The highest BCUT2D eigenvalue weighted by molar-refractivity contribution is 5.22. The summed E-state index contributed by atoms with van der Waals surface area (Å²) in [5.41, 5.74) is 4.58. The van der Waals surface area contributed by atoms with Gasteiger partial charge in [0.15, 0.2) is 0 Å². The van der Waals surface area contributed by atoms with Crippen LogP contribution in [0, 0.1) is 12.8 Å². The number of likely N-dealkylation sites (tertiary alicyclic amines) is 1. The second-order valence-corrected chi connectivity index (χ2v) is 8.85. The minimum absolute atomic E-state index is 0.220. The third-order valence-electron chi connectivity index (χ3n) is 6.59. The Morgan fingerprint density at radius 2 is 1.90 bits per heavy atom. The van der Waals surface area contributed by atoms with Gasteiger partial charge in [-0.25, -0.2) is 0 Å². The van der Waals surface area contributed by atoms with E-state index in [1.807, 2.05) is 13.0 Å². The van der Waals surface area contributed by atoms with Crippen LogP contribution in [0.5, 0.6) is 0 Å². The first kappa shape index (κ1) is 19.0. The summed E-state index contributed by atoms with van der Waals surface area (Å²) in [6, 6.07) is 10.5. The zero-order valence-electron chi connectivity index (χ0n) is 17.2. The molecule has 154 valence electrons. The first-order valence-electron chi connectivity index (χ1n) is 10.8. The number of hydrogen-bond acceptors (Lipinski definition) is 5. The summed E-state index contributed by atoms with van der Waals surface area (Å²) in [4.78, 5) is 22.7. The maximum Gasteiger partial charge on any atom is 0.255 e. The van der Waals surface area contributed by atoms with Crippen LogP contribution >= 0.6 is 0 Å². The molecule has 2 fully saturated rings. The fourth-order valence-electron chi connectivity index (χ4n) is 5.26. The highest BCUT2D eigenvalue weighted by Gasteiger charge is 2.35. The lowest BCUT2D eigenvalue weighted by molar-refractivity contribution is 0.0338. The van der Waals surface area contributed by atoms with Crippen LogP contribution in [0.1, 0.15) is 35.0 Å². The van der Waals surface area contributed by atoms with Crippen LogP contribution < -0.4 is 5.56 Å². The van der Waals surface area contributed by atoms with Crippen LogP contribution in [-0.2, 0) is 24.4 Å². The standard InChI is InChI=1S/C23H30N4O2/c1-17-3-2-4-21(24-17)16-26-12-18-11-20(15-26)22-6-5-19(23(28)27(22)13-18)14-25-7-9-29-10-8-25/h2-6,18,20H,7-16H2,1H3/t18-,20+/m0/s1. The molecule has 0 N–H and O–H groups in total. The molecule has 0 spiro atoms. The Kier molecular flexibility index (Phi) is 5.24. The molecule has 6 heteroatoms. The summed E-state index contributed by atoms with van der Waals surface area (Å²) >= 11 is 0. The largest absolute Gasteiger partial charge is 0.379 e. The predicted molar refractivity (Wildman–Crippen MR) is 112 cm³/mol. The van der Waals surface area contributed by atoms with Crippen molar-refractivity contribution in [2.45, 2.75) is 38.9 Å². The molecule has 0 aromatic carbocycles. The maximum atomic E-state index is 13.2. The number of nitrogens with zero attached hydrogens (tertiary/aromatic N) is 4. The lowest BCUT2D eigenvalue weighted by atomic mass is 9.83. The lowest BCUT2D eigenvalue weighted by Crippen LogP contribution is -2.47. The number of pyridine rings is 2. The minimum atomic E-state index is 0.220. The summed E-state index contributed by atoms with van der Waals surface area (Å²) in [6.07, 6.45) is 1.19. The summed E-state index contributed by atoms with van der Waals surface area (Å²) in [5.74, 6) is 0.986. The number of ether oxygens (including phenoxy) is 1. The molecule has 2 bridgehead atoms. The second kappa shape index (κ2) is 8.01. The van der Waals surface area contributed by atoms with Gasteiger partial charge in [-0.05, 0) is 37.5 Å². The Hall–Kier alpha value is -2.02. The van der Waals surface area contributed by atoms with Crippen LogP contribution in [0.15, 0.2) is 35.1 Å². The SMILES string of the molecule is Cc1cccc(CN2C[C@@H]3C[C@H](C2)c2ccc(CN4CCOCC4)c(=O)n2C3)n1. The van der Waals surface area contributed by atoms with Crippen molar-refractivity contribution in [1.29, 1.82) is 0 Å². The number of piperidine rings is 1. The molecular weight excluding hydrogens is 364 g/mol. The molecule has 2 aromatic rings. The van der Waals surface area contributed by atoms with E-state index in [0.29, 0.717) is 11.8 Å². The number of rotatable bonds is 4. The van der Waals surface area contributed by atoms with Crippen LogP contribution in [0.4, 0.5) is 0 Å². The van der Waals surface area contributed by atoms with Gasteiger partial charge in [0, 0.05) is 68.7 Å². The van der Waals surface area contributed by atoms with Gasteiger partial charge in [-0.15, -0.1) is 0 Å². The van der Waals surface area contributed by atoms with Crippen molar-refractivity contribution in [3.8, 4) is 0 Å². The molecule has 0 radical (unpaired) electrons. The molecular formula is C23H30N4O2. The fraction of sp³-hybridized carbons (Fsp3) is 0.565. The van der Waals surface area contributed by atoms with E-state index < -0.39 is 0 Å². The normalized spacial score (nSPS) is 25.0. The molecule has 3 aliphatic heterocycles. The molecule has 5 rings (SSSR count). The van der Waals surface area contributed by atoms with Crippen LogP contribution in [0.2, 0.25) is 0 Å². The van der Waals surface area contributed by atoms with Gasteiger partial charge in [-0.2, -0.15) is 0 Å². The fourth-order valence-corrected chi connectivity index (χ4v) is 5.26. The van der Waals surface area contributed by atoms with E-state index in [0.717, 1.165) is 76.0 Å². The van der Waals surface area contributed by atoms with Crippen LogP contribution in [-0.4, -0.2) is 58.7 Å². The van der Waals surface area contributed by atoms with Gasteiger partial charge < -0.3 is 9.30 Å². The van der Waals surface area contributed by atoms with Crippen molar-refractivity contribution < 1.29 is 4.74 Å². The average Bonchev–Trinajstić information content (AvgIpc) is 2.71. The zero-order chi connectivity index (χ0) is 19.8. The molecule has 2 aromatic heterocycles. The summed E-state index contributed by atoms with van der Waals surface area (Å²) < 4.78 is 7.51. The van der Waals surface area contributed by atoms with Gasteiger partial charge in [-0.1, -0.05) is 12.1 Å². The lowest BCUT2D eigenvalue weighted by Gasteiger charge is -2.43. The van der Waals surface area contributed by atoms with Crippen LogP contribution in [0.3, 0.4) is 0 Å². The van der Waals surface area contributed by atoms with E-state index in [-0.39, 0.29) is 5.56 Å². The molecule has 6 nitrogen and oxygen atoms in total. The van der Waals surface area contributed by atoms with Crippen LogP contribution in [0.25, 0.3) is 0 Å². The van der Waals surface area contributed by atoms with E-state index in [9.17, 15) is 4.79 Å². The van der Waals surface area contributed by atoms with Crippen molar-refractivity contribution in [3.63, 3.8) is 0 Å². The molecule has 0 aliphatic carbocycles. The number of fused-ring (bicyclic) bond motifs is 4. The highest BCUT2D eigenvalue weighted by Crippen LogP contribution is 2.35. The molecule has 0 amide bonds. The highest BCUT2D eigenvalue weighted by atomic mass is 16.5. The van der Waals surface area contributed by atoms with Crippen molar-refractivity contribution in [2.75, 3.05) is 39.4 Å². The molecule has 2 atom stereocenters. The molecule has 5 heterocycles. The van der Waals surface area contributed by atoms with Gasteiger partial charge in [0.05, 0.1) is 18.9 Å². The first-order valence-corrected chi connectivity index (χ1v) is 10.8. The van der Waals surface area contributed by atoms with Crippen molar-refractivity contribution >= 4 is 0 Å². The summed E-state index contributed by atoms with van der Waals surface area (Å²) in [5, 5.41) is 0. The monoisotopic (exact) mass is 394 g/mol. The van der Waals surface area contributed by atoms with E-state index in [4.69, 9.17) is 4.74 Å². The molecule has 0 unspecified atom stereocenters. The number of aryl methyl sites for hydroxylation is 1. The number of morpholine rings is 1. The van der Waals surface area contributed by atoms with Gasteiger partial charge in [-0.3, -0.25) is 19.6 Å². The Labute approximate surface area is 172 Å². The molecule has 29 heavy (non-hydrogen) atoms. The second-order valence-electron chi connectivity index (χ2n) is 8.85. The van der Waals surface area contributed by atoms with E-state index in [1.54, 1.807) is 0 Å². The van der Waals surface area contributed by atoms with Gasteiger partial charge in [0.2, 0.25) is 0 Å². The smallest absolute Gasteiger partial charge is 0.255 e. The summed E-state index contributed by atoms with van der Waals surface area (Å²) in [7, 11) is 0. The van der Waals surface area contributed by atoms with Crippen molar-refractivity contribution in [3.05, 3.63) is 63.3 Å². The minimum Gasteiger partial charge on any atom is -0.379 e. The van der Waals surface area contributed by atoms with E-state index in [2.05, 4.69) is 43.6 Å². The summed E-state index contributed by atoms with van der Waals surface area (Å²) in [6.45, 7) is 9.94. The third kappa shape index (κ3) is 4.02. The van der Waals surface area contributed by atoms with Crippen molar-refractivity contribution in [1.82, 2.24) is 19.4 Å². The molecule has 0 saturated carbocycles. The predicted octanol–water partition coefficient (Wildman–Crippen LogP) is 2.00. The number of hydrogen-bond donors (Lipinski definition) is 0. The first-order chi connectivity index (χ1) is 14.2. The number of aromatic nitrogens is 2. The topological polar surface area (TPSA) is 50.6 Å². The zero-order valence-corrected chi connectivity index (χ0v) is 17.2. The average molecular weight is 395 g/mol. The Bertz CT molecular complexity index is 935. The Balaban J connectivity index is 1.33. The third-order valence-corrected chi connectivity index (χ3v) is 6.59. The molecule has 3 aliphatic rings. The van der Waals surface area contributed by atoms with E-state index >= 15 is 0 Å². The Morgan fingerprint density at radius 1 is 1.03 bits per heavy atom. The quantitative estimate of drug-likeness (QED) is 0.794.